The molecule has 0 aromatic heterocycles. The summed E-state index contributed by atoms with van der Waals surface area (Å²) in [6, 6.07) is 2.37. The van der Waals surface area contributed by atoms with E-state index in [1.165, 1.54) is 11.0 Å². The Kier molecular flexibility index (Phi) is 4.40. The molecule has 1 amide bonds. The maximum absolute atomic E-state index is 12.2. The minimum absolute atomic E-state index is 0.00916. The molecule has 23 heavy (non-hydrogen) atoms. The van der Waals surface area contributed by atoms with Crippen LogP contribution in [0.3, 0.4) is 0 Å². The molecule has 1 saturated heterocycles. The predicted octanol–water partition coefficient (Wildman–Crippen LogP) is 1.39. The van der Waals surface area contributed by atoms with Crippen molar-refractivity contribution in [2.45, 2.75) is 6.04 Å². The van der Waals surface area contributed by atoms with E-state index in [1.54, 1.807) is 18.2 Å². The molecule has 8 heteroatoms. The first-order chi connectivity index (χ1) is 11.1. The number of carbonyl (C=O) groups is 2. The number of aliphatic carboxylic acids is 1. The number of nitrogens with zero attached hydrogens (tertiary/aromatic N) is 1. The third-order valence-corrected chi connectivity index (χ3v) is 3.85. The van der Waals surface area contributed by atoms with Crippen LogP contribution in [0.5, 0.6) is 11.5 Å². The largest absolute Gasteiger partial charge is 0.480 e. The van der Waals surface area contributed by atoms with Gasteiger partial charge in [0, 0.05) is 12.6 Å². The zero-order chi connectivity index (χ0) is 16.4. The number of morpholine rings is 1. The van der Waals surface area contributed by atoms with Crippen LogP contribution in [0.15, 0.2) is 18.2 Å². The molecule has 2 aliphatic rings. The highest BCUT2D eigenvalue weighted by molar-refractivity contribution is 6.32. The number of carbonyl (C=O) groups excluding carboxylic acids is 1. The van der Waals surface area contributed by atoms with Gasteiger partial charge in [-0.1, -0.05) is 11.6 Å². The molecule has 1 aromatic rings. The number of halogens is 1. The molecule has 1 atom stereocenters. The van der Waals surface area contributed by atoms with Crippen LogP contribution in [-0.4, -0.2) is 54.5 Å². The van der Waals surface area contributed by atoms with E-state index in [0.717, 1.165) is 0 Å². The number of rotatable bonds is 3. The lowest BCUT2D eigenvalue weighted by molar-refractivity contribution is -0.156. The average molecular weight is 340 g/mol. The smallest absolute Gasteiger partial charge is 0.328 e. The summed E-state index contributed by atoms with van der Waals surface area (Å²) in [6.07, 6.45) is 2.87. The molecule has 2 heterocycles. The van der Waals surface area contributed by atoms with Crippen molar-refractivity contribution in [3.63, 3.8) is 0 Å². The maximum atomic E-state index is 12.2. The van der Waals surface area contributed by atoms with E-state index in [0.29, 0.717) is 28.7 Å². The third kappa shape index (κ3) is 3.25. The number of amides is 1. The van der Waals surface area contributed by atoms with Gasteiger partial charge in [0.25, 0.3) is 0 Å². The Morgan fingerprint density at radius 2 is 2.17 bits per heavy atom. The third-order valence-electron chi connectivity index (χ3n) is 3.56. The number of hydrogen-bond donors (Lipinski definition) is 1. The van der Waals surface area contributed by atoms with Gasteiger partial charge in [0.2, 0.25) is 12.7 Å². The van der Waals surface area contributed by atoms with Gasteiger partial charge in [-0.05, 0) is 23.8 Å². The molecule has 3 rings (SSSR count). The molecule has 2 aliphatic heterocycles. The molecule has 1 N–H and O–H groups in total. The van der Waals surface area contributed by atoms with Gasteiger partial charge in [0.05, 0.1) is 18.2 Å². The van der Waals surface area contributed by atoms with E-state index in [-0.39, 0.29) is 19.9 Å². The Hall–Kier alpha value is -2.25. The Balaban J connectivity index is 1.75. The second-order valence-electron chi connectivity index (χ2n) is 5.03. The lowest BCUT2D eigenvalue weighted by atomic mass is 10.1. The molecule has 1 unspecified atom stereocenters. The lowest BCUT2D eigenvalue weighted by Gasteiger charge is -2.31. The minimum atomic E-state index is -1.09. The van der Waals surface area contributed by atoms with Crippen molar-refractivity contribution in [2.24, 2.45) is 0 Å². The molecule has 122 valence electrons. The first kappa shape index (κ1) is 15.6. The van der Waals surface area contributed by atoms with Gasteiger partial charge in [-0.15, -0.1) is 0 Å². The number of hydrogen-bond acceptors (Lipinski definition) is 5. The summed E-state index contributed by atoms with van der Waals surface area (Å²) in [5.74, 6) is -0.485. The van der Waals surface area contributed by atoms with Gasteiger partial charge in [-0.3, -0.25) is 4.79 Å². The first-order valence-electron chi connectivity index (χ1n) is 6.94. The predicted molar refractivity (Wildman–Crippen MR) is 80.6 cm³/mol. The summed E-state index contributed by atoms with van der Waals surface area (Å²) in [5, 5.41) is 9.53. The fraction of sp³-hybridized carbons (Fsp3) is 0.333. The molecular formula is C15H14ClNO6. The fourth-order valence-corrected chi connectivity index (χ4v) is 2.69. The molecule has 0 saturated carbocycles. The standard InChI is InChI=1S/C15H14ClNO6/c16-10-5-9(6-12-14(10)23-8-22-12)1-2-13(18)17-3-4-21-7-11(17)15(19)20/h1-2,5-6,11H,3-4,7-8H2,(H,19,20). The van der Waals surface area contributed by atoms with Crippen LogP contribution in [-0.2, 0) is 14.3 Å². The molecule has 0 aliphatic carbocycles. The Morgan fingerprint density at radius 1 is 1.35 bits per heavy atom. The minimum Gasteiger partial charge on any atom is -0.480 e. The van der Waals surface area contributed by atoms with Crippen molar-refractivity contribution in [3.8, 4) is 11.5 Å². The van der Waals surface area contributed by atoms with Crippen LogP contribution >= 0.6 is 11.6 Å². The van der Waals surface area contributed by atoms with E-state index in [4.69, 9.17) is 30.9 Å². The van der Waals surface area contributed by atoms with Crippen LogP contribution in [0.25, 0.3) is 6.08 Å². The average Bonchev–Trinajstić information content (AvgIpc) is 3.01. The molecular weight excluding hydrogens is 326 g/mol. The molecule has 1 aromatic carbocycles. The summed E-state index contributed by atoms with van der Waals surface area (Å²) >= 11 is 6.08. The molecule has 0 spiro atoms. The first-order valence-corrected chi connectivity index (χ1v) is 7.32. The Labute approximate surface area is 137 Å². The SMILES string of the molecule is O=C(O)C1COCCN1C(=O)C=Cc1cc(Cl)c2c(c1)OCO2. The number of carboxylic acids is 1. The molecule has 0 bridgehead atoms. The lowest BCUT2D eigenvalue weighted by Crippen LogP contribution is -2.52. The number of carboxylic acid groups (broad SMARTS) is 1. The number of ether oxygens (including phenoxy) is 3. The van der Waals surface area contributed by atoms with Crippen LogP contribution in [0.4, 0.5) is 0 Å². The second-order valence-corrected chi connectivity index (χ2v) is 5.44. The molecule has 1 fully saturated rings. The van der Waals surface area contributed by atoms with Crippen molar-refractivity contribution in [1.82, 2.24) is 4.90 Å². The molecule has 0 radical (unpaired) electrons. The van der Waals surface area contributed by atoms with Crippen molar-refractivity contribution < 1.29 is 28.9 Å². The van der Waals surface area contributed by atoms with E-state index in [1.807, 2.05) is 0 Å². The normalized spacial score (nSPS) is 20.0. The van der Waals surface area contributed by atoms with Crippen LogP contribution in [0.1, 0.15) is 5.56 Å². The summed E-state index contributed by atoms with van der Waals surface area (Å²) in [4.78, 5) is 24.7. The van der Waals surface area contributed by atoms with Crippen molar-refractivity contribution in [3.05, 3.63) is 28.8 Å². The highest BCUT2D eigenvalue weighted by Gasteiger charge is 2.31. The quantitative estimate of drug-likeness (QED) is 0.838. The van der Waals surface area contributed by atoms with Gasteiger partial charge in [-0.25, -0.2) is 4.79 Å². The Bertz CT molecular complexity index is 674. The van der Waals surface area contributed by atoms with Gasteiger partial charge >= 0.3 is 5.97 Å². The fourth-order valence-electron chi connectivity index (χ4n) is 2.42. The van der Waals surface area contributed by atoms with E-state index in [2.05, 4.69) is 0 Å². The Morgan fingerprint density at radius 3 is 2.96 bits per heavy atom. The van der Waals surface area contributed by atoms with Crippen molar-refractivity contribution >= 4 is 29.6 Å². The van der Waals surface area contributed by atoms with E-state index >= 15 is 0 Å². The summed E-state index contributed by atoms with van der Waals surface area (Å²) in [6.45, 7) is 0.654. The van der Waals surface area contributed by atoms with E-state index < -0.39 is 17.9 Å². The van der Waals surface area contributed by atoms with Gasteiger partial charge < -0.3 is 24.2 Å². The summed E-state index contributed by atoms with van der Waals surface area (Å²) < 4.78 is 15.6. The van der Waals surface area contributed by atoms with Gasteiger partial charge in [0.1, 0.15) is 0 Å². The van der Waals surface area contributed by atoms with Crippen LogP contribution < -0.4 is 9.47 Å². The number of benzene rings is 1. The van der Waals surface area contributed by atoms with Crippen LogP contribution in [0.2, 0.25) is 5.02 Å². The van der Waals surface area contributed by atoms with Gasteiger partial charge in [0.15, 0.2) is 17.5 Å². The summed E-state index contributed by atoms with van der Waals surface area (Å²) in [7, 11) is 0. The monoisotopic (exact) mass is 339 g/mol. The van der Waals surface area contributed by atoms with Crippen molar-refractivity contribution in [1.29, 1.82) is 0 Å². The van der Waals surface area contributed by atoms with Crippen molar-refractivity contribution in [2.75, 3.05) is 26.6 Å². The number of fused-ring (bicyclic) bond motifs is 1. The second kappa shape index (κ2) is 6.47. The zero-order valence-corrected chi connectivity index (χ0v) is 12.8. The highest BCUT2D eigenvalue weighted by atomic mass is 35.5. The van der Waals surface area contributed by atoms with Crippen LogP contribution in [0, 0.1) is 0 Å². The van der Waals surface area contributed by atoms with Gasteiger partial charge in [-0.2, -0.15) is 0 Å². The highest BCUT2D eigenvalue weighted by Crippen LogP contribution is 2.40. The van der Waals surface area contributed by atoms with E-state index in [9.17, 15) is 9.59 Å². The zero-order valence-electron chi connectivity index (χ0n) is 12.0. The molecule has 7 nitrogen and oxygen atoms in total. The maximum Gasteiger partial charge on any atom is 0.328 e. The topological polar surface area (TPSA) is 85.3 Å². The summed E-state index contributed by atoms with van der Waals surface area (Å²) in [5.41, 5.74) is 0.660.